The summed E-state index contributed by atoms with van der Waals surface area (Å²) in [4.78, 5) is 26.0. The molecule has 0 saturated carbocycles. The molecule has 5 nitrogen and oxygen atoms in total. The molecular weight excluding hydrogens is 290 g/mol. The highest BCUT2D eigenvalue weighted by atomic mass is 35.5. The lowest BCUT2D eigenvalue weighted by atomic mass is 10.0. The zero-order valence-corrected chi connectivity index (χ0v) is 12.8. The number of carbonyl (C=O) groups is 2. The van der Waals surface area contributed by atoms with Gasteiger partial charge in [-0.2, -0.15) is 0 Å². The minimum Gasteiger partial charge on any atom is -0.344 e. The van der Waals surface area contributed by atoms with Gasteiger partial charge in [0.1, 0.15) is 6.04 Å². The summed E-state index contributed by atoms with van der Waals surface area (Å²) in [6, 6.07) is 6.51. The van der Waals surface area contributed by atoms with Crippen molar-refractivity contribution < 1.29 is 9.59 Å². The Hall–Kier alpha value is -1.59. The summed E-state index contributed by atoms with van der Waals surface area (Å²) in [6.45, 7) is 2.38. The van der Waals surface area contributed by atoms with Crippen LogP contribution in [0.3, 0.4) is 0 Å². The minimum atomic E-state index is -0.499. The van der Waals surface area contributed by atoms with Gasteiger partial charge in [-0.15, -0.1) is 0 Å². The highest BCUT2D eigenvalue weighted by Crippen LogP contribution is 2.28. The number of nitrogens with two attached hydrogens (primary N) is 1. The Morgan fingerprint density at radius 3 is 2.90 bits per heavy atom. The quantitative estimate of drug-likeness (QED) is 0.888. The Labute approximate surface area is 129 Å². The molecule has 1 aliphatic rings. The first-order chi connectivity index (χ1) is 9.99. The van der Waals surface area contributed by atoms with Crippen molar-refractivity contribution in [2.75, 3.05) is 11.4 Å². The zero-order valence-electron chi connectivity index (χ0n) is 12.0. The standard InChI is InChI=1S/C15H20ClN3O2/c1-10(17)9-14(20)18-12-6-4-8-19(15(12)21)13-7-3-2-5-11(13)16/h2-3,5,7,10,12H,4,6,8-9,17H2,1H3,(H,18,20). The Bertz CT molecular complexity index is 533. The van der Waals surface area contributed by atoms with E-state index < -0.39 is 6.04 Å². The molecule has 21 heavy (non-hydrogen) atoms. The lowest BCUT2D eigenvalue weighted by Crippen LogP contribution is -2.53. The van der Waals surface area contributed by atoms with Gasteiger partial charge in [0.15, 0.2) is 0 Å². The molecule has 1 aromatic carbocycles. The first kappa shape index (κ1) is 15.8. The van der Waals surface area contributed by atoms with Crippen LogP contribution >= 0.6 is 11.6 Å². The first-order valence-electron chi connectivity index (χ1n) is 7.10. The monoisotopic (exact) mass is 309 g/mol. The Kier molecular flexibility index (Phi) is 5.20. The van der Waals surface area contributed by atoms with Crippen molar-refractivity contribution in [2.45, 2.75) is 38.3 Å². The topological polar surface area (TPSA) is 75.4 Å². The molecule has 114 valence electrons. The SMILES string of the molecule is CC(N)CC(=O)NC1CCCN(c2ccccc2Cl)C1=O. The number of rotatable bonds is 4. The molecule has 6 heteroatoms. The van der Waals surface area contributed by atoms with E-state index in [0.717, 1.165) is 6.42 Å². The van der Waals surface area contributed by atoms with Gasteiger partial charge in [0.25, 0.3) is 0 Å². The van der Waals surface area contributed by atoms with E-state index in [2.05, 4.69) is 5.32 Å². The number of nitrogens with zero attached hydrogens (tertiary/aromatic N) is 1. The number of hydrogen-bond acceptors (Lipinski definition) is 3. The second kappa shape index (κ2) is 6.91. The number of hydrogen-bond donors (Lipinski definition) is 2. The molecule has 0 spiro atoms. The number of halogens is 1. The van der Waals surface area contributed by atoms with Gasteiger partial charge in [-0.1, -0.05) is 23.7 Å². The van der Waals surface area contributed by atoms with Crippen LogP contribution in [0.15, 0.2) is 24.3 Å². The van der Waals surface area contributed by atoms with E-state index in [9.17, 15) is 9.59 Å². The Morgan fingerprint density at radius 1 is 1.52 bits per heavy atom. The van der Waals surface area contributed by atoms with Crippen molar-refractivity contribution in [1.29, 1.82) is 0 Å². The van der Waals surface area contributed by atoms with Crippen molar-refractivity contribution in [3.63, 3.8) is 0 Å². The number of benzene rings is 1. The van der Waals surface area contributed by atoms with Crippen LogP contribution in [0.1, 0.15) is 26.2 Å². The van der Waals surface area contributed by atoms with Gasteiger partial charge >= 0.3 is 0 Å². The third-order valence-corrected chi connectivity index (χ3v) is 3.74. The molecule has 1 aromatic rings. The summed E-state index contributed by atoms with van der Waals surface area (Å²) < 4.78 is 0. The van der Waals surface area contributed by atoms with E-state index in [1.165, 1.54) is 0 Å². The van der Waals surface area contributed by atoms with Gasteiger partial charge in [0, 0.05) is 19.0 Å². The van der Waals surface area contributed by atoms with Crippen LogP contribution in [0.25, 0.3) is 0 Å². The van der Waals surface area contributed by atoms with Crippen LogP contribution in [-0.2, 0) is 9.59 Å². The van der Waals surface area contributed by atoms with E-state index in [-0.39, 0.29) is 24.3 Å². The maximum atomic E-state index is 12.5. The van der Waals surface area contributed by atoms with Crippen LogP contribution in [-0.4, -0.2) is 30.4 Å². The fourth-order valence-corrected chi connectivity index (χ4v) is 2.70. The van der Waals surface area contributed by atoms with Crippen LogP contribution in [0.4, 0.5) is 5.69 Å². The molecule has 0 bridgehead atoms. The third kappa shape index (κ3) is 3.95. The molecule has 0 aliphatic carbocycles. The molecule has 3 N–H and O–H groups in total. The summed E-state index contributed by atoms with van der Waals surface area (Å²) in [5, 5.41) is 3.30. The second-order valence-corrected chi connectivity index (χ2v) is 5.79. The molecule has 1 aliphatic heterocycles. The smallest absolute Gasteiger partial charge is 0.249 e. The highest BCUT2D eigenvalue weighted by Gasteiger charge is 2.31. The van der Waals surface area contributed by atoms with Crippen molar-refractivity contribution >= 4 is 29.1 Å². The summed E-state index contributed by atoms with van der Waals surface area (Å²) in [6.07, 6.45) is 1.68. The fourth-order valence-electron chi connectivity index (χ4n) is 2.46. The van der Waals surface area contributed by atoms with Gasteiger partial charge in [-0.25, -0.2) is 0 Å². The van der Waals surface area contributed by atoms with Gasteiger partial charge in [-0.05, 0) is 31.9 Å². The molecule has 2 atom stereocenters. The molecule has 1 saturated heterocycles. The van der Waals surface area contributed by atoms with Crippen LogP contribution < -0.4 is 16.0 Å². The number of para-hydroxylation sites is 1. The summed E-state index contributed by atoms with van der Waals surface area (Å²) in [7, 11) is 0. The zero-order chi connectivity index (χ0) is 15.4. The maximum Gasteiger partial charge on any atom is 0.249 e. The number of amides is 2. The Balaban J connectivity index is 2.08. The van der Waals surface area contributed by atoms with Gasteiger partial charge in [0.05, 0.1) is 10.7 Å². The van der Waals surface area contributed by atoms with Crippen LogP contribution in [0.2, 0.25) is 5.02 Å². The van der Waals surface area contributed by atoms with E-state index in [0.29, 0.717) is 23.7 Å². The molecular formula is C15H20ClN3O2. The lowest BCUT2D eigenvalue weighted by Gasteiger charge is -2.33. The van der Waals surface area contributed by atoms with E-state index in [4.69, 9.17) is 17.3 Å². The van der Waals surface area contributed by atoms with Crippen molar-refractivity contribution in [2.24, 2.45) is 5.73 Å². The predicted octanol–water partition coefficient (Wildman–Crippen LogP) is 1.69. The van der Waals surface area contributed by atoms with Crippen molar-refractivity contribution in [3.8, 4) is 0 Å². The molecule has 0 aromatic heterocycles. The molecule has 2 rings (SSSR count). The van der Waals surface area contributed by atoms with Crippen LogP contribution in [0.5, 0.6) is 0 Å². The predicted molar refractivity (Wildman–Crippen MR) is 83.2 cm³/mol. The maximum absolute atomic E-state index is 12.5. The van der Waals surface area contributed by atoms with Crippen molar-refractivity contribution in [3.05, 3.63) is 29.3 Å². The first-order valence-corrected chi connectivity index (χ1v) is 7.47. The fraction of sp³-hybridized carbons (Fsp3) is 0.467. The molecule has 2 unspecified atom stereocenters. The largest absolute Gasteiger partial charge is 0.344 e. The number of piperidine rings is 1. The number of carbonyl (C=O) groups excluding carboxylic acids is 2. The summed E-state index contributed by atoms with van der Waals surface area (Å²) in [5.41, 5.74) is 6.29. The van der Waals surface area contributed by atoms with E-state index in [1.54, 1.807) is 17.9 Å². The third-order valence-electron chi connectivity index (χ3n) is 3.42. The highest BCUT2D eigenvalue weighted by molar-refractivity contribution is 6.33. The molecule has 0 radical (unpaired) electrons. The average molecular weight is 310 g/mol. The average Bonchev–Trinajstić information content (AvgIpc) is 2.41. The van der Waals surface area contributed by atoms with Gasteiger partial charge in [0.2, 0.25) is 11.8 Å². The van der Waals surface area contributed by atoms with Crippen LogP contribution in [0, 0.1) is 0 Å². The molecule has 1 fully saturated rings. The van der Waals surface area contributed by atoms with Gasteiger partial charge < -0.3 is 16.0 Å². The van der Waals surface area contributed by atoms with Crippen molar-refractivity contribution in [1.82, 2.24) is 5.32 Å². The lowest BCUT2D eigenvalue weighted by molar-refractivity contribution is -0.128. The number of anilines is 1. The second-order valence-electron chi connectivity index (χ2n) is 5.39. The van der Waals surface area contributed by atoms with Gasteiger partial charge in [-0.3, -0.25) is 9.59 Å². The minimum absolute atomic E-state index is 0.118. The van der Waals surface area contributed by atoms with E-state index >= 15 is 0 Å². The summed E-state index contributed by atoms with van der Waals surface area (Å²) in [5.74, 6) is -0.309. The summed E-state index contributed by atoms with van der Waals surface area (Å²) >= 11 is 6.15. The normalized spacial score (nSPS) is 20.2. The Morgan fingerprint density at radius 2 is 2.24 bits per heavy atom. The molecule has 1 heterocycles. The molecule has 2 amide bonds. The number of nitrogens with one attached hydrogen (secondary N) is 1. The van der Waals surface area contributed by atoms with E-state index in [1.807, 2.05) is 18.2 Å².